The summed E-state index contributed by atoms with van der Waals surface area (Å²) in [5, 5.41) is 19.2. The van der Waals surface area contributed by atoms with E-state index >= 15 is 0 Å². The van der Waals surface area contributed by atoms with Crippen LogP contribution in [0.2, 0.25) is 0 Å². The van der Waals surface area contributed by atoms with E-state index < -0.39 is 0 Å². The van der Waals surface area contributed by atoms with Crippen molar-refractivity contribution in [2.24, 2.45) is 0 Å². The number of amides is 1. The second kappa shape index (κ2) is 10.1. The Bertz CT molecular complexity index is 693. The van der Waals surface area contributed by atoms with E-state index in [1.807, 2.05) is 37.3 Å². The molecule has 2 rings (SSSR count). The number of phenolic OH excluding ortho intramolecular Hbond substituents is 1. The highest BCUT2D eigenvalue weighted by Gasteiger charge is 2.04. The maximum absolute atomic E-state index is 11.0. The fraction of sp³-hybridized carbons (Fsp3) is 0.300. The summed E-state index contributed by atoms with van der Waals surface area (Å²) in [4.78, 5) is 13.2. The Hall–Kier alpha value is -2.82. The predicted molar refractivity (Wildman–Crippen MR) is 104 cm³/mol. The number of hydrogen-bond donors (Lipinski definition) is 3. The maximum Gasteiger partial charge on any atom is 0.251 e. The van der Waals surface area contributed by atoms with Gasteiger partial charge in [-0.05, 0) is 45.0 Å². The average Bonchev–Trinajstić information content (AvgIpc) is 2.63. The normalized spacial score (nSPS) is 9.60. The largest absolute Gasteiger partial charge is 0.507 e. The Kier molecular flexibility index (Phi) is 8.19. The van der Waals surface area contributed by atoms with Crippen LogP contribution in [0.1, 0.15) is 35.3 Å². The number of phenols is 1. The van der Waals surface area contributed by atoms with Gasteiger partial charge in [0, 0.05) is 49.2 Å². The summed E-state index contributed by atoms with van der Waals surface area (Å²) >= 11 is 0. The van der Waals surface area contributed by atoms with Gasteiger partial charge in [0.05, 0.1) is 0 Å². The minimum absolute atomic E-state index is 0.0370. The van der Waals surface area contributed by atoms with Crippen molar-refractivity contribution in [3.63, 3.8) is 0 Å². The number of anilines is 1. The molecule has 5 heteroatoms. The molecular formula is C20H27N3O2. The molecule has 0 saturated heterocycles. The van der Waals surface area contributed by atoms with Gasteiger partial charge in [-0.1, -0.05) is 17.7 Å². The highest BCUT2D eigenvalue weighted by Crippen LogP contribution is 2.23. The zero-order chi connectivity index (χ0) is 18.8. The molecule has 0 bridgehead atoms. The summed E-state index contributed by atoms with van der Waals surface area (Å²) in [6, 6.07) is 12.9. The second-order valence-corrected chi connectivity index (χ2v) is 5.50. The number of aromatic hydroxyl groups is 1. The fourth-order valence-corrected chi connectivity index (χ4v) is 2.29. The number of rotatable bonds is 5. The topological polar surface area (TPSA) is 76.4 Å². The molecule has 25 heavy (non-hydrogen) atoms. The van der Waals surface area contributed by atoms with E-state index in [0.29, 0.717) is 11.1 Å². The van der Waals surface area contributed by atoms with Gasteiger partial charge in [0.15, 0.2) is 0 Å². The molecule has 2 aromatic rings. The second-order valence-electron chi connectivity index (χ2n) is 5.50. The zero-order valence-electron chi connectivity index (χ0n) is 15.3. The first-order chi connectivity index (χ1) is 12.0. The van der Waals surface area contributed by atoms with Crippen molar-refractivity contribution in [1.29, 1.82) is 5.41 Å². The van der Waals surface area contributed by atoms with Crippen LogP contribution in [0.5, 0.6) is 5.75 Å². The van der Waals surface area contributed by atoms with E-state index in [4.69, 9.17) is 5.41 Å². The monoisotopic (exact) mass is 341 g/mol. The highest BCUT2D eigenvalue weighted by atomic mass is 16.3. The molecule has 0 aliphatic carbocycles. The molecule has 0 aliphatic heterocycles. The summed E-state index contributed by atoms with van der Waals surface area (Å²) in [7, 11) is 1.63. The van der Waals surface area contributed by atoms with Crippen LogP contribution in [0.3, 0.4) is 0 Å². The molecule has 0 heterocycles. The molecular weight excluding hydrogens is 314 g/mol. The molecule has 0 aromatic heterocycles. The smallest absolute Gasteiger partial charge is 0.251 e. The summed E-state index contributed by atoms with van der Waals surface area (Å²) in [5.74, 6) is 0.134. The van der Waals surface area contributed by atoms with E-state index in [-0.39, 0.29) is 11.7 Å². The molecule has 0 spiro atoms. The third kappa shape index (κ3) is 5.95. The SMILES string of the molecule is CCN(CC)c1ccc(C=N)c(O)c1.CNC(=O)c1ccc(C)cc1. The molecule has 5 nitrogen and oxygen atoms in total. The number of aryl methyl sites for hydroxylation is 1. The number of nitrogens with one attached hydrogen (secondary N) is 2. The van der Waals surface area contributed by atoms with E-state index in [1.165, 1.54) is 0 Å². The van der Waals surface area contributed by atoms with Crippen LogP contribution >= 0.6 is 0 Å². The molecule has 0 radical (unpaired) electrons. The van der Waals surface area contributed by atoms with Gasteiger partial charge >= 0.3 is 0 Å². The number of carbonyl (C=O) groups excluding carboxylic acids is 1. The summed E-state index contributed by atoms with van der Waals surface area (Å²) in [5.41, 5.74) is 3.43. The van der Waals surface area contributed by atoms with Crippen LogP contribution in [0.4, 0.5) is 5.69 Å². The Balaban J connectivity index is 0.000000257. The Morgan fingerprint density at radius 2 is 1.76 bits per heavy atom. The van der Waals surface area contributed by atoms with E-state index in [2.05, 4.69) is 24.1 Å². The van der Waals surface area contributed by atoms with Gasteiger partial charge in [-0.3, -0.25) is 4.79 Å². The van der Waals surface area contributed by atoms with Crippen molar-refractivity contribution < 1.29 is 9.90 Å². The van der Waals surface area contributed by atoms with Crippen LogP contribution in [0, 0.1) is 12.3 Å². The van der Waals surface area contributed by atoms with Crippen molar-refractivity contribution in [2.75, 3.05) is 25.0 Å². The lowest BCUT2D eigenvalue weighted by molar-refractivity contribution is 0.0963. The summed E-state index contributed by atoms with van der Waals surface area (Å²) < 4.78 is 0. The number of benzene rings is 2. The van der Waals surface area contributed by atoms with Crippen molar-refractivity contribution >= 4 is 17.8 Å². The molecule has 0 aliphatic rings. The van der Waals surface area contributed by atoms with Crippen molar-refractivity contribution in [2.45, 2.75) is 20.8 Å². The molecule has 0 unspecified atom stereocenters. The van der Waals surface area contributed by atoms with Crippen LogP contribution in [0.25, 0.3) is 0 Å². The van der Waals surface area contributed by atoms with Crippen molar-refractivity contribution in [1.82, 2.24) is 5.32 Å². The molecule has 0 atom stereocenters. The van der Waals surface area contributed by atoms with E-state index in [0.717, 1.165) is 30.6 Å². The minimum Gasteiger partial charge on any atom is -0.507 e. The number of nitrogens with zero attached hydrogens (tertiary/aromatic N) is 1. The quantitative estimate of drug-likeness (QED) is 0.727. The van der Waals surface area contributed by atoms with E-state index in [9.17, 15) is 9.90 Å². The van der Waals surface area contributed by atoms with Gasteiger partial charge in [0.2, 0.25) is 0 Å². The summed E-state index contributed by atoms with van der Waals surface area (Å²) in [6.45, 7) is 7.98. The Morgan fingerprint density at radius 1 is 1.16 bits per heavy atom. The molecule has 0 saturated carbocycles. The lowest BCUT2D eigenvalue weighted by atomic mass is 10.1. The maximum atomic E-state index is 11.0. The van der Waals surface area contributed by atoms with E-state index in [1.54, 1.807) is 19.2 Å². The van der Waals surface area contributed by atoms with Gasteiger partial charge in [0.25, 0.3) is 5.91 Å². The molecule has 2 aromatic carbocycles. The standard InChI is InChI=1S/C11H16N2O.C9H11NO/c1-3-13(4-2)10-6-5-9(8-12)11(14)7-10;1-7-3-5-8(6-4-7)9(11)10-2/h5-8,12,14H,3-4H2,1-2H3;3-6H,1-2H3,(H,10,11). The fourth-order valence-electron chi connectivity index (χ4n) is 2.29. The van der Waals surface area contributed by atoms with Gasteiger partial charge in [-0.25, -0.2) is 0 Å². The third-order valence-corrected chi connectivity index (χ3v) is 3.84. The van der Waals surface area contributed by atoms with Crippen LogP contribution in [-0.2, 0) is 0 Å². The zero-order valence-corrected chi connectivity index (χ0v) is 15.3. The number of carbonyl (C=O) groups is 1. The lowest BCUT2D eigenvalue weighted by Gasteiger charge is -2.21. The Morgan fingerprint density at radius 3 is 2.20 bits per heavy atom. The van der Waals surface area contributed by atoms with Crippen LogP contribution in [-0.4, -0.2) is 37.4 Å². The van der Waals surface area contributed by atoms with Crippen LogP contribution < -0.4 is 10.2 Å². The predicted octanol–water partition coefficient (Wildman–Crippen LogP) is 3.59. The lowest BCUT2D eigenvalue weighted by Crippen LogP contribution is -2.21. The molecule has 134 valence electrons. The summed E-state index contributed by atoms with van der Waals surface area (Å²) in [6.07, 6.45) is 1.15. The third-order valence-electron chi connectivity index (χ3n) is 3.84. The first-order valence-electron chi connectivity index (χ1n) is 8.33. The van der Waals surface area contributed by atoms with Gasteiger partial charge in [-0.15, -0.1) is 0 Å². The van der Waals surface area contributed by atoms with Gasteiger partial charge in [-0.2, -0.15) is 0 Å². The first-order valence-corrected chi connectivity index (χ1v) is 8.33. The Labute approximate surface area is 149 Å². The van der Waals surface area contributed by atoms with Gasteiger partial charge < -0.3 is 20.7 Å². The highest BCUT2D eigenvalue weighted by molar-refractivity contribution is 5.93. The molecule has 0 fully saturated rings. The molecule has 1 amide bonds. The first kappa shape index (κ1) is 20.2. The van der Waals surface area contributed by atoms with Crippen LogP contribution in [0.15, 0.2) is 42.5 Å². The van der Waals surface area contributed by atoms with Gasteiger partial charge in [0.1, 0.15) is 5.75 Å². The minimum atomic E-state index is -0.0370. The van der Waals surface area contributed by atoms with Crippen molar-refractivity contribution in [3.05, 3.63) is 59.2 Å². The van der Waals surface area contributed by atoms with Crippen molar-refractivity contribution in [3.8, 4) is 5.75 Å². The molecule has 3 N–H and O–H groups in total. The number of hydrogen-bond acceptors (Lipinski definition) is 4. The average molecular weight is 341 g/mol.